The Morgan fingerprint density at radius 2 is 2.00 bits per heavy atom. The maximum Gasteiger partial charge on any atom is 0.414 e. The molecule has 1 aromatic rings. The maximum absolute atomic E-state index is 12.2. The average molecular weight is 320 g/mol. The number of aliphatic carboxylic acids is 1. The van der Waals surface area contributed by atoms with E-state index in [1.807, 2.05) is 0 Å². The number of carbonyl (C=O) groups is 2. The standard InChI is InChI=1S/C15H20N4O4/c1-9-10(7-13(20)21)6-11(17-18-16)8-12(9)19(5)14(22)23-15(2,3)4/h6,8H,7H2,1-5H3,(H,20,21). The van der Waals surface area contributed by atoms with Gasteiger partial charge in [0, 0.05) is 17.6 Å². The molecule has 8 nitrogen and oxygen atoms in total. The summed E-state index contributed by atoms with van der Waals surface area (Å²) in [5, 5.41) is 12.5. The third-order valence-electron chi connectivity index (χ3n) is 3.00. The van der Waals surface area contributed by atoms with Crippen molar-refractivity contribution >= 4 is 23.4 Å². The van der Waals surface area contributed by atoms with Gasteiger partial charge in [0.2, 0.25) is 0 Å². The molecule has 0 heterocycles. The van der Waals surface area contributed by atoms with Crippen LogP contribution in [0.25, 0.3) is 10.4 Å². The minimum atomic E-state index is -1.02. The van der Waals surface area contributed by atoms with Gasteiger partial charge in [-0.2, -0.15) is 0 Å². The molecule has 0 atom stereocenters. The number of anilines is 1. The highest BCUT2D eigenvalue weighted by atomic mass is 16.6. The van der Waals surface area contributed by atoms with Crippen LogP contribution in [-0.4, -0.2) is 29.8 Å². The van der Waals surface area contributed by atoms with Crippen molar-refractivity contribution in [3.8, 4) is 0 Å². The summed E-state index contributed by atoms with van der Waals surface area (Å²) < 4.78 is 5.30. The van der Waals surface area contributed by atoms with Crippen molar-refractivity contribution in [2.24, 2.45) is 5.11 Å². The largest absolute Gasteiger partial charge is 0.481 e. The molecule has 124 valence electrons. The van der Waals surface area contributed by atoms with E-state index in [1.54, 1.807) is 27.7 Å². The Morgan fingerprint density at radius 1 is 1.39 bits per heavy atom. The molecule has 0 saturated carbocycles. The number of nitrogens with zero attached hydrogens (tertiary/aromatic N) is 4. The lowest BCUT2D eigenvalue weighted by Crippen LogP contribution is -2.34. The van der Waals surface area contributed by atoms with Crippen LogP contribution in [0.1, 0.15) is 31.9 Å². The van der Waals surface area contributed by atoms with Gasteiger partial charge in [-0.1, -0.05) is 5.11 Å². The predicted molar refractivity (Wildman–Crippen MR) is 86.0 cm³/mol. The zero-order chi connectivity index (χ0) is 17.8. The van der Waals surface area contributed by atoms with Crippen LogP contribution in [0.15, 0.2) is 17.2 Å². The molecule has 0 unspecified atom stereocenters. The smallest absolute Gasteiger partial charge is 0.414 e. The first-order valence-corrected chi connectivity index (χ1v) is 6.92. The molecule has 23 heavy (non-hydrogen) atoms. The minimum absolute atomic E-state index is 0.236. The molecule has 1 N–H and O–H groups in total. The van der Waals surface area contributed by atoms with Crippen LogP contribution in [0.2, 0.25) is 0 Å². The van der Waals surface area contributed by atoms with Gasteiger partial charge in [0.05, 0.1) is 12.1 Å². The number of ether oxygens (including phenoxy) is 1. The second-order valence-electron chi connectivity index (χ2n) is 6.05. The Bertz CT molecular complexity index is 673. The summed E-state index contributed by atoms with van der Waals surface area (Å²) in [6.45, 7) is 6.95. The van der Waals surface area contributed by atoms with E-state index < -0.39 is 17.7 Å². The molecule has 0 aliphatic heterocycles. The quantitative estimate of drug-likeness (QED) is 0.514. The fourth-order valence-corrected chi connectivity index (χ4v) is 1.97. The maximum atomic E-state index is 12.2. The average Bonchev–Trinajstić information content (AvgIpc) is 2.39. The van der Waals surface area contributed by atoms with Crippen molar-refractivity contribution in [1.82, 2.24) is 0 Å². The number of amides is 1. The van der Waals surface area contributed by atoms with Crippen molar-refractivity contribution in [1.29, 1.82) is 0 Å². The molecule has 0 aliphatic rings. The van der Waals surface area contributed by atoms with Crippen LogP contribution in [-0.2, 0) is 16.0 Å². The van der Waals surface area contributed by atoms with Gasteiger partial charge in [-0.05, 0) is 56.5 Å². The highest BCUT2D eigenvalue weighted by Gasteiger charge is 2.23. The van der Waals surface area contributed by atoms with Crippen molar-refractivity contribution in [3.63, 3.8) is 0 Å². The Balaban J connectivity index is 3.32. The Kier molecular flexibility index (Phi) is 5.59. The van der Waals surface area contributed by atoms with Crippen LogP contribution in [0, 0.1) is 6.92 Å². The first-order valence-electron chi connectivity index (χ1n) is 6.92. The predicted octanol–water partition coefficient (Wildman–Crippen LogP) is 3.94. The lowest BCUT2D eigenvalue weighted by atomic mass is 10.0. The van der Waals surface area contributed by atoms with Crippen molar-refractivity contribution in [2.75, 3.05) is 11.9 Å². The van der Waals surface area contributed by atoms with E-state index in [2.05, 4.69) is 10.0 Å². The first kappa shape index (κ1) is 18.3. The Morgan fingerprint density at radius 3 is 2.48 bits per heavy atom. The third kappa shape index (κ3) is 5.19. The molecular formula is C15H20N4O4. The van der Waals surface area contributed by atoms with Gasteiger partial charge in [-0.25, -0.2) is 4.79 Å². The topological polar surface area (TPSA) is 116 Å². The van der Waals surface area contributed by atoms with Crippen molar-refractivity contribution in [3.05, 3.63) is 33.7 Å². The molecule has 0 radical (unpaired) electrons. The molecule has 8 heteroatoms. The third-order valence-corrected chi connectivity index (χ3v) is 3.00. The molecule has 0 spiro atoms. The zero-order valence-corrected chi connectivity index (χ0v) is 13.8. The van der Waals surface area contributed by atoms with Crippen molar-refractivity contribution < 1.29 is 19.4 Å². The van der Waals surface area contributed by atoms with Gasteiger partial charge in [0.15, 0.2) is 0 Å². The number of azide groups is 1. The minimum Gasteiger partial charge on any atom is -0.481 e. The summed E-state index contributed by atoms with van der Waals surface area (Å²) in [6.07, 6.45) is -0.824. The molecule has 0 aliphatic carbocycles. The van der Waals surface area contributed by atoms with Crippen LogP contribution < -0.4 is 4.90 Å². The van der Waals surface area contributed by atoms with Gasteiger partial charge in [0.25, 0.3) is 0 Å². The summed E-state index contributed by atoms with van der Waals surface area (Å²) in [7, 11) is 1.51. The van der Waals surface area contributed by atoms with E-state index in [1.165, 1.54) is 24.1 Å². The molecule has 0 saturated heterocycles. The van der Waals surface area contributed by atoms with Gasteiger partial charge in [0.1, 0.15) is 5.60 Å². The second-order valence-corrected chi connectivity index (χ2v) is 6.05. The molecule has 0 aromatic heterocycles. The SMILES string of the molecule is Cc1c(CC(=O)O)cc(N=[N+]=[N-])cc1N(C)C(=O)OC(C)(C)C. The van der Waals surface area contributed by atoms with Gasteiger partial charge >= 0.3 is 12.1 Å². The fraction of sp³-hybridized carbons (Fsp3) is 0.467. The normalized spacial score (nSPS) is 10.7. The molecule has 1 amide bonds. The molecule has 1 rings (SSSR count). The molecular weight excluding hydrogens is 300 g/mol. The zero-order valence-electron chi connectivity index (χ0n) is 13.8. The fourth-order valence-electron chi connectivity index (χ4n) is 1.97. The number of rotatable bonds is 4. The van der Waals surface area contributed by atoms with E-state index in [4.69, 9.17) is 15.4 Å². The number of benzene rings is 1. The lowest BCUT2D eigenvalue weighted by molar-refractivity contribution is -0.136. The van der Waals surface area contributed by atoms with E-state index in [-0.39, 0.29) is 12.1 Å². The summed E-state index contributed by atoms with van der Waals surface area (Å²) in [5.41, 5.74) is 9.67. The monoisotopic (exact) mass is 320 g/mol. The van der Waals surface area contributed by atoms with Crippen LogP contribution in [0.4, 0.5) is 16.2 Å². The molecule has 1 aromatic carbocycles. The number of carboxylic acids is 1. The number of carbonyl (C=O) groups excluding carboxylic acids is 1. The lowest BCUT2D eigenvalue weighted by Gasteiger charge is -2.26. The van der Waals surface area contributed by atoms with E-state index >= 15 is 0 Å². The summed E-state index contributed by atoms with van der Waals surface area (Å²) in [6, 6.07) is 3.01. The number of hydrogen-bond acceptors (Lipinski definition) is 4. The van der Waals surface area contributed by atoms with Crippen LogP contribution in [0.5, 0.6) is 0 Å². The van der Waals surface area contributed by atoms with Gasteiger partial charge in [-0.3, -0.25) is 9.69 Å². The summed E-state index contributed by atoms with van der Waals surface area (Å²) >= 11 is 0. The highest BCUT2D eigenvalue weighted by molar-refractivity contribution is 5.89. The summed E-state index contributed by atoms with van der Waals surface area (Å²) in [5.74, 6) is -1.02. The first-order chi connectivity index (χ1) is 10.5. The van der Waals surface area contributed by atoms with E-state index in [0.29, 0.717) is 16.8 Å². The summed E-state index contributed by atoms with van der Waals surface area (Å²) in [4.78, 5) is 27.2. The van der Waals surface area contributed by atoms with Gasteiger partial charge < -0.3 is 9.84 Å². The van der Waals surface area contributed by atoms with Crippen LogP contribution >= 0.6 is 0 Å². The highest BCUT2D eigenvalue weighted by Crippen LogP contribution is 2.30. The van der Waals surface area contributed by atoms with E-state index in [0.717, 1.165) is 0 Å². The van der Waals surface area contributed by atoms with Gasteiger partial charge in [-0.15, -0.1) is 0 Å². The van der Waals surface area contributed by atoms with Crippen LogP contribution in [0.3, 0.4) is 0 Å². The molecule has 0 fully saturated rings. The number of hydrogen-bond donors (Lipinski definition) is 1. The van der Waals surface area contributed by atoms with Crippen molar-refractivity contribution in [2.45, 2.75) is 39.7 Å². The molecule has 0 bridgehead atoms. The number of carboxylic acid groups (broad SMARTS) is 1. The Hall–Kier alpha value is -2.73. The second kappa shape index (κ2) is 7.02. The Labute approximate surface area is 134 Å². The van der Waals surface area contributed by atoms with E-state index in [9.17, 15) is 9.59 Å².